The lowest BCUT2D eigenvalue weighted by molar-refractivity contribution is 0.548. The largest absolute Gasteiger partial charge is 0.339 e. The van der Waals surface area contributed by atoms with Crippen LogP contribution in [-0.4, -0.2) is 41.3 Å². The van der Waals surface area contributed by atoms with Gasteiger partial charge in [-0.3, -0.25) is 0 Å². The molecule has 2 aromatic rings. The SMILES string of the molecule is CNCC1CCN(c2nc3ccc(C)cn3n2)C1. The van der Waals surface area contributed by atoms with Crippen molar-refractivity contribution >= 4 is 11.6 Å². The first-order chi connectivity index (χ1) is 8.76. The lowest BCUT2D eigenvalue weighted by Crippen LogP contribution is -2.25. The van der Waals surface area contributed by atoms with Crippen molar-refractivity contribution in [1.82, 2.24) is 19.9 Å². The van der Waals surface area contributed by atoms with Crippen LogP contribution in [0.3, 0.4) is 0 Å². The molecule has 0 radical (unpaired) electrons. The van der Waals surface area contributed by atoms with E-state index in [0.717, 1.165) is 31.2 Å². The average molecular weight is 245 g/mol. The number of aryl methyl sites for hydroxylation is 1. The summed E-state index contributed by atoms with van der Waals surface area (Å²) in [6.07, 6.45) is 3.24. The number of fused-ring (bicyclic) bond motifs is 1. The van der Waals surface area contributed by atoms with Crippen molar-refractivity contribution in [3.8, 4) is 0 Å². The molecular weight excluding hydrogens is 226 g/mol. The van der Waals surface area contributed by atoms with Gasteiger partial charge in [0.1, 0.15) is 0 Å². The van der Waals surface area contributed by atoms with Crippen LogP contribution in [0.25, 0.3) is 5.65 Å². The summed E-state index contributed by atoms with van der Waals surface area (Å²) in [5, 5.41) is 7.80. The van der Waals surface area contributed by atoms with Gasteiger partial charge < -0.3 is 10.2 Å². The number of anilines is 1. The van der Waals surface area contributed by atoms with Crippen LogP contribution in [0.1, 0.15) is 12.0 Å². The summed E-state index contributed by atoms with van der Waals surface area (Å²) < 4.78 is 1.87. The second-order valence-corrected chi connectivity index (χ2v) is 5.08. The fraction of sp³-hybridized carbons (Fsp3) is 0.538. The zero-order valence-corrected chi connectivity index (χ0v) is 10.9. The first-order valence-corrected chi connectivity index (χ1v) is 6.49. The van der Waals surface area contributed by atoms with Crippen molar-refractivity contribution in [1.29, 1.82) is 0 Å². The lowest BCUT2D eigenvalue weighted by atomic mass is 10.1. The Hall–Kier alpha value is -1.62. The van der Waals surface area contributed by atoms with Crippen LogP contribution < -0.4 is 10.2 Å². The predicted molar refractivity (Wildman–Crippen MR) is 72.0 cm³/mol. The highest BCUT2D eigenvalue weighted by atomic mass is 15.4. The summed E-state index contributed by atoms with van der Waals surface area (Å²) in [5.41, 5.74) is 2.13. The first kappa shape index (κ1) is 11.5. The number of hydrogen-bond acceptors (Lipinski definition) is 4. The summed E-state index contributed by atoms with van der Waals surface area (Å²) in [6, 6.07) is 4.09. The number of nitrogens with zero attached hydrogens (tertiary/aromatic N) is 4. The van der Waals surface area contributed by atoms with Gasteiger partial charge in [0, 0.05) is 19.3 Å². The van der Waals surface area contributed by atoms with Crippen molar-refractivity contribution in [2.24, 2.45) is 5.92 Å². The second-order valence-electron chi connectivity index (χ2n) is 5.08. The van der Waals surface area contributed by atoms with E-state index in [9.17, 15) is 0 Å². The van der Waals surface area contributed by atoms with Crippen LogP contribution >= 0.6 is 0 Å². The van der Waals surface area contributed by atoms with Gasteiger partial charge in [0.15, 0.2) is 5.65 Å². The Labute approximate surface area is 107 Å². The molecule has 1 unspecified atom stereocenters. The molecular formula is C13H19N5. The van der Waals surface area contributed by atoms with Crippen LogP contribution in [0.5, 0.6) is 0 Å². The van der Waals surface area contributed by atoms with E-state index in [4.69, 9.17) is 0 Å². The van der Waals surface area contributed by atoms with Crippen molar-refractivity contribution < 1.29 is 0 Å². The van der Waals surface area contributed by atoms with Crippen LogP contribution in [0.4, 0.5) is 5.95 Å². The Kier molecular flexibility index (Phi) is 2.91. The number of nitrogens with one attached hydrogen (secondary N) is 1. The van der Waals surface area contributed by atoms with E-state index < -0.39 is 0 Å². The molecule has 0 amide bonds. The van der Waals surface area contributed by atoms with E-state index >= 15 is 0 Å². The molecule has 0 aromatic carbocycles. The second kappa shape index (κ2) is 4.57. The molecule has 5 heteroatoms. The van der Waals surface area contributed by atoms with Gasteiger partial charge in [-0.25, -0.2) is 4.52 Å². The molecule has 1 aliphatic heterocycles. The summed E-state index contributed by atoms with van der Waals surface area (Å²) in [5.74, 6) is 1.57. The smallest absolute Gasteiger partial charge is 0.245 e. The topological polar surface area (TPSA) is 45.5 Å². The summed E-state index contributed by atoms with van der Waals surface area (Å²) in [6.45, 7) is 5.25. The van der Waals surface area contributed by atoms with Crippen LogP contribution in [0, 0.1) is 12.8 Å². The van der Waals surface area contributed by atoms with Gasteiger partial charge in [-0.05, 0) is 44.5 Å². The predicted octanol–water partition coefficient (Wildman–Crippen LogP) is 1.08. The van der Waals surface area contributed by atoms with Gasteiger partial charge in [0.05, 0.1) is 0 Å². The molecule has 1 atom stereocenters. The maximum atomic E-state index is 4.59. The fourth-order valence-corrected chi connectivity index (χ4v) is 2.58. The Morgan fingerprint density at radius 2 is 2.33 bits per heavy atom. The van der Waals surface area contributed by atoms with Crippen LogP contribution in [0.2, 0.25) is 0 Å². The minimum atomic E-state index is 0.711. The van der Waals surface area contributed by atoms with Crippen molar-refractivity contribution in [3.05, 3.63) is 23.9 Å². The zero-order valence-electron chi connectivity index (χ0n) is 10.9. The van der Waals surface area contributed by atoms with E-state index in [1.165, 1.54) is 12.0 Å². The highest BCUT2D eigenvalue weighted by molar-refractivity contribution is 5.45. The minimum absolute atomic E-state index is 0.711. The Balaban J connectivity index is 1.82. The highest BCUT2D eigenvalue weighted by Crippen LogP contribution is 2.21. The number of rotatable bonds is 3. The normalized spacial score (nSPS) is 19.9. The van der Waals surface area contributed by atoms with E-state index in [0.29, 0.717) is 5.92 Å². The molecule has 0 spiro atoms. The molecule has 1 fully saturated rings. The molecule has 1 aliphatic rings. The standard InChI is InChI=1S/C13H19N5/c1-10-3-4-12-15-13(16-18(12)8-10)17-6-5-11(9-17)7-14-2/h3-4,8,11,14H,5-7,9H2,1-2H3. The fourth-order valence-electron chi connectivity index (χ4n) is 2.58. The molecule has 1 saturated heterocycles. The van der Waals surface area contributed by atoms with E-state index in [2.05, 4.69) is 33.3 Å². The average Bonchev–Trinajstić information content (AvgIpc) is 2.94. The molecule has 2 aromatic heterocycles. The molecule has 96 valence electrons. The van der Waals surface area contributed by atoms with Gasteiger partial charge in [-0.15, -0.1) is 5.10 Å². The first-order valence-electron chi connectivity index (χ1n) is 6.49. The Morgan fingerprint density at radius 3 is 3.17 bits per heavy atom. The third-order valence-electron chi connectivity index (χ3n) is 3.53. The van der Waals surface area contributed by atoms with E-state index in [-0.39, 0.29) is 0 Å². The number of hydrogen-bond donors (Lipinski definition) is 1. The lowest BCUT2D eigenvalue weighted by Gasteiger charge is -2.13. The molecule has 0 bridgehead atoms. The van der Waals surface area contributed by atoms with Crippen molar-refractivity contribution in [2.75, 3.05) is 31.6 Å². The number of pyridine rings is 1. The molecule has 0 aliphatic carbocycles. The van der Waals surface area contributed by atoms with Crippen LogP contribution in [-0.2, 0) is 0 Å². The number of aromatic nitrogens is 3. The van der Waals surface area contributed by atoms with Crippen LogP contribution in [0.15, 0.2) is 18.3 Å². The van der Waals surface area contributed by atoms with Gasteiger partial charge >= 0.3 is 0 Å². The van der Waals surface area contributed by atoms with E-state index in [1.54, 1.807) is 0 Å². The highest BCUT2D eigenvalue weighted by Gasteiger charge is 2.24. The Bertz CT molecular complexity index is 547. The Morgan fingerprint density at radius 1 is 1.44 bits per heavy atom. The maximum absolute atomic E-state index is 4.59. The summed E-state index contributed by atoms with van der Waals surface area (Å²) in [4.78, 5) is 6.87. The van der Waals surface area contributed by atoms with Gasteiger partial charge in [0.2, 0.25) is 5.95 Å². The third kappa shape index (κ3) is 2.06. The van der Waals surface area contributed by atoms with Crippen molar-refractivity contribution in [3.63, 3.8) is 0 Å². The molecule has 0 saturated carbocycles. The van der Waals surface area contributed by atoms with Crippen molar-refractivity contribution in [2.45, 2.75) is 13.3 Å². The van der Waals surface area contributed by atoms with E-state index in [1.807, 2.05) is 23.8 Å². The molecule has 3 heterocycles. The van der Waals surface area contributed by atoms with Gasteiger partial charge in [-0.1, -0.05) is 6.07 Å². The molecule has 18 heavy (non-hydrogen) atoms. The summed E-state index contributed by atoms with van der Waals surface area (Å²) in [7, 11) is 2.01. The monoisotopic (exact) mass is 245 g/mol. The maximum Gasteiger partial charge on any atom is 0.245 e. The molecule has 1 N–H and O–H groups in total. The van der Waals surface area contributed by atoms with Gasteiger partial charge in [-0.2, -0.15) is 4.98 Å². The van der Waals surface area contributed by atoms with Gasteiger partial charge in [0.25, 0.3) is 0 Å². The molecule has 3 rings (SSSR count). The third-order valence-corrected chi connectivity index (χ3v) is 3.53. The molecule has 5 nitrogen and oxygen atoms in total. The minimum Gasteiger partial charge on any atom is -0.339 e. The summed E-state index contributed by atoms with van der Waals surface area (Å²) >= 11 is 0. The quantitative estimate of drug-likeness (QED) is 0.879. The zero-order chi connectivity index (χ0) is 12.5.